The maximum Gasteiger partial charge on any atom is 0.287 e. The Labute approximate surface area is 162 Å². The van der Waals surface area contributed by atoms with Crippen molar-refractivity contribution in [1.29, 1.82) is 0 Å². The number of nitrogens with zero attached hydrogens (tertiary/aromatic N) is 1. The fraction of sp³-hybridized carbons (Fsp3) is 0.389. The van der Waals surface area contributed by atoms with Crippen molar-refractivity contribution in [3.8, 4) is 5.75 Å². The van der Waals surface area contributed by atoms with Gasteiger partial charge in [0, 0.05) is 26.2 Å². The first kappa shape index (κ1) is 19.0. The van der Waals surface area contributed by atoms with Crippen LogP contribution in [0.15, 0.2) is 34.7 Å². The first-order chi connectivity index (χ1) is 12.6. The number of benzene rings is 1. The monoisotopic (exact) mass is 398 g/mol. The predicted molar refractivity (Wildman–Crippen MR) is 99.1 cm³/mol. The summed E-state index contributed by atoms with van der Waals surface area (Å²) >= 11 is 12.0. The van der Waals surface area contributed by atoms with Gasteiger partial charge in [0.1, 0.15) is 23.1 Å². The number of carbonyl (C=O) groups is 1. The van der Waals surface area contributed by atoms with E-state index < -0.39 is 0 Å². The number of furan rings is 1. The SMILES string of the molecule is O=C(NCCN1CCOCC1)c1ccc(COc2cccc(Cl)c2Cl)o1. The summed E-state index contributed by atoms with van der Waals surface area (Å²) in [6.45, 7) is 4.77. The van der Waals surface area contributed by atoms with Gasteiger partial charge >= 0.3 is 0 Å². The molecular formula is C18H20Cl2N2O4. The molecule has 1 N–H and O–H groups in total. The zero-order valence-electron chi connectivity index (χ0n) is 14.2. The van der Waals surface area contributed by atoms with Crippen LogP contribution in [0.1, 0.15) is 16.3 Å². The van der Waals surface area contributed by atoms with Crippen molar-refractivity contribution >= 4 is 29.1 Å². The molecule has 8 heteroatoms. The van der Waals surface area contributed by atoms with Crippen LogP contribution >= 0.6 is 23.2 Å². The molecule has 1 aromatic carbocycles. The van der Waals surface area contributed by atoms with Gasteiger partial charge in [-0.1, -0.05) is 29.3 Å². The van der Waals surface area contributed by atoms with Crippen molar-refractivity contribution in [3.63, 3.8) is 0 Å². The molecule has 0 radical (unpaired) electrons. The zero-order valence-corrected chi connectivity index (χ0v) is 15.7. The highest BCUT2D eigenvalue weighted by atomic mass is 35.5. The molecule has 0 unspecified atom stereocenters. The van der Waals surface area contributed by atoms with Gasteiger partial charge in [-0.3, -0.25) is 9.69 Å². The number of nitrogens with one attached hydrogen (secondary N) is 1. The topological polar surface area (TPSA) is 63.9 Å². The number of amides is 1. The first-order valence-corrected chi connectivity index (χ1v) is 9.13. The van der Waals surface area contributed by atoms with Gasteiger partial charge < -0.3 is 19.2 Å². The summed E-state index contributed by atoms with van der Waals surface area (Å²) in [6.07, 6.45) is 0. The molecule has 0 aliphatic carbocycles. The van der Waals surface area contributed by atoms with Crippen LogP contribution in [0.3, 0.4) is 0 Å². The highest BCUT2D eigenvalue weighted by Gasteiger charge is 2.14. The van der Waals surface area contributed by atoms with Crippen molar-refractivity contribution in [2.24, 2.45) is 0 Å². The molecule has 0 bridgehead atoms. The van der Waals surface area contributed by atoms with Gasteiger partial charge in [-0.05, 0) is 24.3 Å². The van der Waals surface area contributed by atoms with E-state index in [1.807, 2.05) is 0 Å². The minimum Gasteiger partial charge on any atom is -0.484 e. The van der Waals surface area contributed by atoms with Gasteiger partial charge in [-0.25, -0.2) is 0 Å². The number of morpholine rings is 1. The summed E-state index contributed by atoms with van der Waals surface area (Å²) in [5.74, 6) is 1.000. The number of hydrogen-bond acceptors (Lipinski definition) is 5. The van der Waals surface area contributed by atoms with Crippen LogP contribution in [-0.2, 0) is 11.3 Å². The van der Waals surface area contributed by atoms with Crippen LogP contribution in [0.4, 0.5) is 0 Å². The first-order valence-electron chi connectivity index (χ1n) is 8.37. The van der Waals surface area contributed by atoms with Gasteiger partial charge in [-0.2, -0.15) is 0 Å². The molecule has 1 saturated heterocycles. The lowest BCUT2D eigenvalue weighted by Gasteiger charge is -2.26. The molecule has 1 amide bonds. The molecule has 0 spiro atoms. The van der Waals surface area contributed by atoms with Crippen LogP contribution < -0.4 is 10.1 Å². The van der Waals surface area contributed by atoms with Crippen LogP contribution in [0.2, 0.25) is 10.0 Å². The second-order valence-electron chi connectivity index (χ2n) is 5.82. The normalized spacial score (nSPS) is 15.0. The van der Waals surface area contributed by atoms with Crippen molar-refractivity contribution in [1.82, 2.24) is 10.2 Å². The van der Waals surface area contributed by atoms with E-state index in [0.717, 1.165) is 32.8 Å². The van der Waals surface area contributed by atoms with Crippen LogP contribution in [-0.4, -0.2) is 50.2 Å². The molecule has 0 atom stereocenters. The maximum absolute atomic E-state index is 12.1. The summed E-state index contributed by atoms with van der Waals surface area (Å²) in [5.41, 5.74) is 0. The van der Waals surface area contributed by atoms with Crippen molar-refractivity contribution in [2.45, 2.75) is 6.61 Å². The summed E-state index contributed by atoms with van der Waals surface area (Å²) in [4.78, 5) is 14.4. The summed E-state index contributed by atoms with van der Waals surface area (Å²) in [7, 11) is 0. The van der Waals surface area contributed by atoms with Crippen molar-refractivity contribution in [2.75, 3.05) is 39.4 Å². The molecule has 26 heavy (non-hydrogen) atoms. The van der Waals surface area contributed by atoms with E-state index >= 15 is 0 Å². The second kappa shape index (κ2) is 9.28. The molecule has 140 valence electrons. The third-order valence-electron chi connectivity index (χ3n) is 3.99. The number of halogens is 2. The quantitative estimate of drug-likeness (QED) is 0.775. The Kier molecular flexibility index (Phi) is 6.80. The lowest BCUT2D eigenvalue weighted by Crippen LogP contribution is -2.41. The second-order valence-corrected chi connectivity index (χ2v) is 6.60. The van der Waals surface area contributed by atoms with E-state index in [2.05, 4.69) is 10.2 Å². The molecule has 1 fully saturated rings. The molecule has 0 saturated carbocycles. The molecule has 1 aromatic heterocycles. The summed E-state index contributed by atoms with van der Waals surface area (Å²) < 4.78 is 16.4. The molecule has 2 aromatic rings. The van der Waals surface area contributed by atoms with Crippen LogP contribution in [0, 0.1) is 0 Å². The van der Waals surface area contributed by atoms with Crippen molar-refractivity contribution < 1.29 is 18.7 Å². The highest BCUT2D eigenvalue weighted by molar-refractivity contribution is 6.42. The van der Waals surface area contributed by atoms with Gasteiger partial charge in [0.05, 0.1) is 18.2 Å². The fourth-order valence-corrected chi connectivity index (χ4v) is 2.91. The van der Waals surface area contributed by atoms with Crippen LogP contribution in [0.25, 0.3) is 0 Å². The Morgan fingerprint density at radius 3 is 2.81 bits per heavy atom. The minimum absolute atomic E-state index is 0.154. The number of rotatable bonds is 7. The Morgan fingerprint density at radius 2 is 2.00 bits per heavy atom. The molecule has 1 aliphatic rings. The van der Waals surface area contributed by atoms with E-state index in [1.54, 1.807) is 30.3 Å². The van der Waals surface area contributed by atoms with E-state index in [4.69, 9.17) is 37.1 Å². The minimum atomic E-state index is -0.245. The smallest absolute Gasteiger partial charge is 0.287 e. The number of hydrogen-bond donors (Lipinski definition) is 1. The Morgan fingerprint density at radius 1 is 1.19 bits per heavy atom. The number of carbonyl (C=O) groups excluding carboxylic acids is 1. The molecule has 6 nitrogen and oxygen atoms in total. The Hall–Kier alpha value is -1.73. The third kappa shape index (κ3) is 5.14. The predicted octanol–water partition coefficient (Wildman–Crippen LogP) is 3.23. The van der Waals surface area contributed by atoms with E-state index in [0.29, 0.717) is 28.1 Å². The molecular weight excluding hydrogens is 379 g/mol. The standard InChI is InChI=1S/C18H20Cl2N2O4/c19-14-2-1-3-15(17(14)20)25-12-13-4-5-16(26-13)18(23)21-6-7-22-8-10-24-11-9-22/h1-5H,6-12H2,(H,21,23). The van der Waals surface area contributed by atoms with E-state index in [9.17, 15) is 4.79 Å². The van der Waals surface area contributed by atoms with Gasteiger partial charge in [0.15, 0.2) is 5.76 Å². The Bertz CT molecular complexity index is 745. The molecule has 2 heterocycles. The molecule has 1 aliphatic heterocycles. The van der Waals surface area contributed by atoms with Gasteiger partial charge in [0.25, 0.3) is 5.91 Å². The van der Waals surface area contributed by atoms with Gasteiger partial charge in [0.2, 0.25) is 0 Å². The maximum atomic E-state index is 12.1. The van der Waals surface area contributed by atoms with Crippen LogP contribution in [0.5, 0.6) is 5.75 Å². The largest absolute Gasteiger partial charge is 0.484 e. The lowest BCUT2D eigenvalue weighted by molar-refractivity contribution is 0.0382. The third-order valence-corrected chi connectivity index (χ3v) is 4.79. The van der Waals surface area contributed by atoms with Gasteiger partial charge in [-0.15, -0.1) is 0 Å². The highest BCUT2D eigenvalue weighted by Crippen LogP contribution is 2.32. The lowest BCUT2D eigenvalue weighted by atomic mass is 10.3. The zero-order chi connectivity index (χ0) is 18.4. The Balaban J connectivity index is 1.46. The van der Waals surface area contributed by atoms with E-state index in [-0.39, 0.29) is 18.3 Å². The average Bonchev–Trinajstić information content (AvgIpc) is 3.13. The summed E-state index contributed by atoms with van der Waals surface area (Å²) in [5, 5.41) is 3.62. The average molecular weight is 399 g/mol. The fourth-order valence-electron chi connectivity index (χ4n) is 2.56. The van der Waals surface area contributed by atoms with Crippen molar-refractivity contribution in [3.05, 3.63) is 51.9 Å². The number of ether oxygens (including phenoxy) is 2. The van der Waals surface area contributed by atoms with E-state index in [1.165, 1.54) is 0 Å². The molecule has 3 rings (SSSR count). The summed E-state index contributed by atoms with van der Waals surface area (Å²) in [6, 6.07) is 8.48.